The molecule has 8 aliphatic carbocycles. The van der Waals surface area contributed by atoms with E-state index < -0.39 is 11.4 Å². The van der Waals surface area contributed by atoms with Crippen molar-refractivity contribution in [1.29, 1.82) is 0 Å². The second-order valence-electron chi connectivity index (χ2n) is 24.7. The van der Waals surface area contributed by atoms with Crippen LogP contribution in [0.25, 0.3) is 0 Å². The summed E-state index contributed by atoms with van der Waals surface area (Å²) in [6, 6.07) is 0. The third-order valence-electron chi connectivity index (χ3n) is 20.9. The van der Waals surface area contributed by atoms with Crippen LogP contribution in [-0.4, -0.2) is 16.4 Å². The van der Waals surface area contributed by atoms with Gasteiger partial charge in [0.2, 0.25) is 0 Å². The highest BCUT2D eigenvalue weighted by molar-refractivity contribution is 7.75. The molecule has 0 saturated heterocycles. The lowest BCUT2D eigenvalue weighted by Gasteiger charge is -2.58. The molecule has 0 aromatic rings. The second-order valence-corrected chi connectivity index (χ2v) is 25.5. The van der Waals surface area contributed by atoms with Gasteiger partial charge in [-0.25, -0.2) is 0 Å². The average Bonchev–Trinajstić information content (AvgIpc) is 3.71. The fourth-order valence-corrected chi connectivity index (χ4v) is 18.5. The standard InChI is InChI=1S/C54H90O3S/c1-35(2)13-11-15-37(5)45-21-23-47-43-19-17-39-33-41(25-29-51(39,7)49(43)27-31-53(45,47)9)56-58(55)57-42-26-30-52(8)40(34-42)18-20-44-48-24-22-46(38(6)16-12-14-36(3)4)54(48,10)32-28-50(44)52/h17-18,35-38,41-50H,11-16,19-34H2,1-10H3/t37-,38-,41-,42+,43+,44+,45-,46-,47+,48+,49+,50+,51+,52+,53-,54-,58?/m1/s1. The van der Waals surface area contributed by atoms with Gasteiger partial charge < -0.3 is 0 Å². The van der Waals surface area contributed by atoms with Crippen LogP contribution in [0.2, 0.25) is 0 Å². The smallest absolute Gasteiger partial charge is 0.265 e. The Morgan fingerprint density at radius 1 is 0.552 bits per heavy atom. The number of rotatable bonds is 14. The van der Waals surface area contributed by atoms with Crippen LogP contribution in [0.3, 0.4) is 0 Å². The molecule has 6 fully saturated rings. The van der Waals surface area contributed by atoms with Gasteiger partial charge in [-0.05, 0) is 195 Å². The molecule has 0 amide bonds. The molecular weight excluding hydrogens is 729 g/mol. The lowest BCUT2D eigenvalue weighted by atomic mass is 9.47. The zero-order valence-electron chi connectivity index (χ0n) is 39.4. The Morgan fingerprint density at radius 3 is 1.36 bits per heavy atom. The lowest BCUT2D eigenvalue weighted by molar-refractivity contribution is -0.0580. The van der Waals surface area contributed by atoms with E-state index in [9.17, 15) is 4.21 Å². The highest BCUT2D eigenvalue weighted by Gasteiger charge is 2.61. The number of fused-ring (bicyclic) bond motifs is 10. The summed E-state index contributed by atoms with van der Waals surface area (Å²) in [6.45, 7) is 25.4. The van der Waals surface area contributed by atoms with Gasteiger partial charge in [0.15, 0.2) is 0 Å². The highest BCUT2D eigenvalue weighted by Crippen LogP contribution is 2.69. The highest BCUT2D eigenvalue weighted by atomic mass is 32.2. The molecular formula is C54H90O3S. The molecule has 0 spiro atoms. The summed E-state index contributed by atoms with van der Waals surface area (Å²) < 4.78 is 26.3. The molecule has 0 radical (unpaired) electrons. The average molecular weight is 819 g/mol. The van der Waals surface area contributed by atoms with Crippen molar-refractivity contribution in [2.24, 2.45) is 92.7 Å². The van der Waals surface area contributed by atoms with E-state index in [1.165, 1.54) is 116 Å². The summed E-state index contributed by atoms with van der Waals surface area (Å²) in [4.78, 5) is 0. The molecule has 0 aromatic carbocycles. The molecule has 58 heavy (non-hydrogen) atoms. The van der Waals surface area contributed by atoms with Crippen LogP contribution >= 0.6 is 0 Å². The van der Waals surface area contributed by atoms with Gasteiger partial charge >= 0.3 is 11.4 Å². The van der Waals surface area contributed by atoms with Crippen LogP contribution in [0.5, 0.6) is 0 Å². The van der Waals surface area contributed by atoms with E-state index in [4.69, 9.17) is 8.37 Å². The Bertz CT molecular complexity index is 1420. The summed E-state index contributed by atoms with van der Waals surface area (Å²) in [5.41, 5.74) is 4.88. The normalized spacial score (nSPS) is 46.2. The minimum Gasteiger partial charge on any atom is -0.265 e. The van der Waals surface area contributed by atoms with E-state index >= 15 is 0 Å². The van der Waals surface area contributed by atoms with Crippen molar-refractivity contribution in [2.75, 3.05) is 0 Å². The molecule has 3 nitrogen and oxygen atoms in total. The van der Waals surface area contributed by atoms with Gasteiger partial charge in [0.1, 0.15) is 0 Å². The molecule has 4 heteroatoms. The predicted octanol–water partition coefficient (Wildman–Crippen LogP) is 15.4. The molecule has 6 saturated carbocycles. The van der Waals surface area contributed by atoms with Crippen molar-refractivity contribution < 1.29 is 12.6 Å². The van der Waals surface area contributed by atoms with Crippen LogP contribution in [0.1, 0.15) is 210 Å². The Hall–Kier alpha value is -0.450. The van der Waals surface area contributed by atoms with E-state index in [0.29, 0.717) is 10.8 Å². The minimum atomic E-state index is -1.68. The number of hydrogen-bond donors (Lipinski definition) is 0. The Balaban J connectivity index is 0.837. The van der Waals surface area contributed by atoms with Crippen molar-refractivity contribution in [3.8, 4) is 0 Å². The first-order valence-corrected chi connectivity index (χ1v) is 26.7. The Kier molecular flexibility index (Phi) is 13.1. The molecule has 0 heterocycles. The van der Waals surface area contributed by atoms with E-state index in [0.717, 1.165) is 96.7 Å². The van der Waals surface area contributed by atoms with Gasteiger partial charge in [-0.2, -0.15) is 4.21 Å². The van der Waals surface area contributed by atoms with Gasteiger partial charge in [-0.3, -0.25) is 8.37 Å². The maximum absolute atomic E-state index is 13.6. The van der Waals surface area contributed by atoms with Crippen molar-refractivity contribution in [3.63, 3.8) is 0 Å². The molecule has 330 valence electrons. The fourth-order valence-electron chi connectivity index (χ4n) is 17.7. The molecule has 0 aromatic heterocycles. The third kappa shape index (κ3) is 8.02. The van der Waals surface area contributed by atoms with Crippen molar-refractivity contribution in [1.82, 2.24) is 0 Å². The van der Waals surface area contributed by atoms with Crippen LogP contribution in [0.15, 0.2) is 23.3 Å². The molecule has 0 N–H and O–H groups in total. The Morgan fingerprint density at radius 2 is 0.966 bits per heavy atom. The SMILES string of the molecule is CC(C)CCC[C@@H](C)[C@H]1CC[C@H]2[C@@H]3CC=C4C[C@H](OS(=O)O[C@H]5CC[C@@]6(C)C(=CC[C@H]7[C@@H]8CC[C@H]([C@H](C)CCCC(C)C)[C@@]8(C)CC[C@@H]76)C5)CC[C@]4(C)[C@H]3CC[C@]12C. The first-order chi connectivity index (χ1) is 27.6. The Labute approximate surface area is 361 Å². The zero-order valence-corrected chi connectivity index (χ0v) is 40.2. The van der Waals surface area contributed by atoms with Crippen molar-refractivity contribution in [2.45, 2.75) is 223 Å². The fraction of sp³-hybridized carbons (Fsp3) is 0.926. The van der Waals surface area contributed by atoms with Crippen molar-refractivity contribution >= 4 is 11.4 Å². The first-order valence-electron chi connectivity index (χ1n) is 25.7. The van der Waals surface area contributed by atoms with Crippen LogP contribution in [0.4, 0.5) is 0 Å². The van der Waals surface area contributed by atoms with E-state index in [1.54, 1.807) is 11.1 Å². The maximum Gasteiger partial charge on any atom is 0.305 e. The molecule has 0 bridgehead atoms. The summed E-state index contributed by atoms with van der Waals surface area (Å²) in [7, 11) is 0. The largest absolute Gasteiger partial charge is 0.305 e. The number of allylic oxidation sites excluding steroid dienone is 2. The summed E-state index contributed by atoms with van der Waals surface area (Å²) in [5, 5.41) is 0. The number of hydrogen-bond acceptors (Lipinski definition) is 3. The van der Waals surface area contributed by atoms with E-state index in [2.05, 4.69) is 81.4 Å². The van der Waals surface area contributed by atoms with Gasteiger partial charge in [-0.15, -0.1) is 0 Å². The summed E-state index contributed by atoms with van der Waals surface area (Å²) in [6.07, 6.45) is 34.0. The van der Waals surface area contributed by atoms with E-state index in [-0.39, 0.29) is 23.0 Å². The monoisotopic (exact) mass is 819 g/mol. The van der Waals surface area contributed by atoms with E-state index in [1.807, 2.05) is 0 Å². The maximum atomic E-state index is 13.6. The topological polar surface area (TPSA) is 35.5 Å². The van der Waals surface area contributed by atoms with Gasteiger partial charge in [-0.1, -0.05) is 131 Å². The molecule has 17 atom stereocenters. The first kappa shape index (κ1) is 44.2. The molecule has 1 unspecified atom stereocenters. The quantitative estimate of drug-likeness (QED) is 0.164. The molecule has 8 rings (SSSR count). The van der Waals surface area contributed by atoms with Gasteiger partial charge in [0.05, 0.1) is 12.2 Å². The van der Waals surface area contributed by atoms with Gasteiger partial charge in [0, 0.05) is 0 Å². The third-order valence-corrected chi connectivity index (χ3v) is 21.8. The summed E-state index contributed by atoms with van der Waals surface area (Å²) >= 11 is -1.68. The lowest BCUT2D eigenvalue weighted by Crippen LogP contribution is -2.51. The molecule has 0 aliphatic heterocycles. The van der Waals surface area contributed by atoms with Crippen molar-refractivity contribution in [3.05, 3.63) is 23.3 Å². The van der Waals surface area contributed by atoms with Crippen LogP contribution in [-0.2, 0) is 19.7 Å². The molecule has 8 aliphatic rings. The summed E-state index contributed by atoms with van der Waals surface area (Å²) in [5.74, 6) is 10.3. The van der Waals surface area contributed by atoms with Gasteiger partial charge in [0.25, 0.3) is 0 Å². The minimum absolute atomic E-state index is 0.0151. The van der Waals surface area contributed by atoms with Crippen LogP contribution < -0.4 is 0 Å². The van der Waals surface area contributed by atoms with Crippen LogP contribution in [0, 0.1) is 92.7 Å². The second kappa shape index (κ2) is 17.3. The zero-order chi connectivity index (χ0) is 41.2. The predicted molar refractivity (Wildman–Crippen MR) is 244 cm³/mol.